The molecule has 1 aliphatic carbocycles. The number of hydrogen-bond acceptors (Lipinski definition) is 5. The van der Waals surface area contributed by atoms with Crippen LogP contribution in [0.3, 0.4) is 0 Å². The van der Waals surface area contributed by atoms with Gasteiger partial charge in [0.25, 0.3) is 0 Å². The molecular formula is C28H29N3O2S. The van der Waals surface area contributed by atoms with E-state index < -0.39 is 5.92 Å². The average molecular weight is 472 g/mol. The molecule has 1 heterocycles. The molecule has 0 radical (unpaired) electrons. The number of nitrogens with one attached hydrogen (secondary N) is 2. The van der Waals surface area contributed by atoms with Crippen molar-refractivity contribution in [2.75, 3.05) is 11.1 Å². The summed E-state index contributed by atoms with van der Waals surface area (Å²) in [5.74, 6) is 0.121. The van der Waals surface area contributed by atoms with E-state index in [1.54, 1.807) is 0 Å². The van der Waals surface area contributed by atoms with Crippen LogP contribution in [-0.2, 0) is 9.59 Å². The number of aryl methyl sites for hydroxylation is 1. The molecule has 34 heavy (non-hydrogen) atoms. The van der Waals surface area contributed by atoms with Gasteiger partial charge < -0.3 is 10.6 Å². The normalized spacial score (nSPS) is 17.9. The van der Waals surface area contributed by atoms with Crippen molar-refractivity contribution in [2.24, 2.45) is 0 Å². The van der Waals surface area contributed by atoms with Crippen molar-refractivity contribution < 1.29 is 9.59 Å². The summed E-state index contributed by atoms with van der Waals surface area (Å²) >= 11 is 1.32. The number of Topliss-reactive ketones (excluding diaryl/α,β-unsaturated/α-hetero) is 1. The van der Waals surface area contributed by atoms with Crippen LogP contribution >= 0.6 is 11.8 Å². The van der Waals surface area contributed by atoms with Crippen LogP contribution in [0.5, 0.6) is 0 Å². The van der Waals surface area contributed by atoms with Crippen molar-refractivity contribution in [3.8, 4) is 6.07 Å². The molecule has 2 N–H and O–H groups in total. The Labute approximate surface area is 205 Å². The number of allylic oxidation sites excluding steroid dienone is 3. The lowest BCUT2D eigenvalue weighted by atomic mass is 9.76. The van der Waals surface area contributed by atoms with Gasteiger partial charge in [-0.15, -0.1) is 0 Å². The standard InChI is InChI=1S/C28H29N3O2S/c1-17(2)19-11-13-20(14-12-19)26-21(15-29)28(31-23-9-6-10-24(32)27(23)26)34-16-25(33)30-22-8-5-4-7-18(22)3/h4-5,7-8,11-14,17,26,31H,6,9-10,16H2,1-3H3,(H,30,33). The summed E-state index contributed by atoms with van der Waals surface area (Å²) < 4.78 is 0. The largest absolute Gasteiger partial charge is 0.352 e. The lowest BCUT2D eigenvalue weighted by Gasteiger charge is -2.33. The Hall–Kier alpha value is -3.30. The first-order valence-corrected chi connectivity index (χ1v) is 12.6. The molecule has 0 saturated heterocycles. The Kier molecular flexibility index (Phi) is 7.23. The van der Waals surface area contributed by atoms with E-state index in [0.29, 0.717) is 28.5 Å². The quantitative estimate of drug-likeness (QED) is 0.546. The Morgan fingerprint density at radius 3 is 2.59 bits per heavy atom. The summed E-state index contributed by atoms with van der Waals surface area (Å²) in [4.78, 5) is 25.6. The predicted molar refractivity (Wildman–Crippen MR) is 137 cm³/mol. The molecule has 1 aliphatic heterocycles. The molecule has 6 heteroatoms. The van der Waals surface area contributed by atoms with E-state index in [1.807, 2.05) is 43.3 Å². The molecule has 174 valence electrons. The maximum Gasteiger partial charge on any atom is 0.234 e. The summed E-state index contributed by atoms with van der Waals surface area (Å²) in [6.07, 6.45) is 2.05. The number of amides is 1. The summed E-state index contributed by atoms with van der Waals surface area (Å²) in [6.45, 7) is 6.23. The Balaban J connectivity index is 1.63. The highest BCUT2D eigenvalue weighted by molar-refractivity contribution is 8.03. The molecule has 1 unspecified atom stereocenters. The topological polar surface area (TPSA) is 82.0 Å². The zero-order valence-electron chi connectivity index (χ0n) is 19.8. The minimum absolute atomic E-state index is 0.0979. The molecule has 0 saturated carbocycles. The van der Waals surface area contributed by atoms with Crippen molar-refractivity contribution in [1.82, 2.24) is 5.32 Å². The van der Waals surface area contributed by atoms with Gasteiger partial charge in [-0.1, -0.05) is 68.1 Å². The van der Waals surface area contributed by atoms with Crippen LogP contribution in [-0.4, -0.2) is 17.4 Å². The van der Waals surface area contributed by atoms with E-state index in [0.717, 1.165) is 35.4 Å². The number of ketones is 1. The first-order chi connectivity index (χ1) is 16.4. The summed E-state index contributed by atoms with van der Waals surface area (Å²) in [5.41, 5.74) is 6.02. The number of thioether (sulfide) groups is 1. The molecule has 0 spiro atoms. The molecule has 0 fully saturated rings. The minimum Gasteiger partial charge on any atom is -0.352 e. The van der Waals surface area contributed by atoms with Crippen LogP contribution in [0.25, 0.3) is 0 Å². The predicted octanol–water partition coefficient (Wildman–Crippen LogP) is 5.92. The fourth-order valence-corrected chi connectivity index (χ4v) is 5.34. The lowest BCUT2D eigenvalue weighted by Crippen LogP contribution is -2.31. The highest BCUT2D eigenvalue weighted by Gasteiger charge is 2.37. The van der Waals surface area contributed by atoms with Gasteiger partial charge in [0.2, 0.25) is 5.91 Å². The fraction of sp³-hybridized carbons (Fsp3) is 0.321. The summed E-state index contributed by atoms with van der Waals surface area (Å²) in [7, 11) is 0. The second-order valence-corrected chi connectivity index (χ2v) is 10.0. The first kappa shape index (κ1) is 23.8. The smallest absolute Gasteiger partial charge is 0.234 e. The van der Waals surface area contributed by atoms with Crippen LogP contribution in [0, 0.1) is 18.3 Å². The SMILES string of the molecule is Cc1ccccc1NC(=O)CSC1=C(C#N)C(c2ccc(C(C)C)cc2)C2=C(CCCC2=O)N1. The Bertz CT molecular complexity index is 1220. The third-order valence-corrected chi connectivity index (χ3v) is 7.38. The number of hydrogen-bond donors (Lipinski definition) is 2. The highest BCUT2D eigenvalue weighted by Crippen LogP contribution is 2.44. The molecule has 5 nitrogen and oxygen atoms in total. The molecule has 2 aliphatic rings. The minimum atomic E-state index is -0.405. The third-order valence-electron chi connectivity index (χ3n) is 6.37. The lowest BCUT2D eigenvalue weighted by molar-refractivity contribution is -0.116. The van der Waals surface area contributed by atoms with Gasteiger partial charge in [0.15, 0.2) is 5.78 Å². The second-order valence-electron chi connectivity index (χ2n) is 9.05. The number of nitrogens with zero attached hydrogens (tertiary/aromatic N) is 1. The van der Waals surface area contributed by atoms with E-state index in [-0.39, 0.29) is 17.4 Å². The molecule has 2 aromatic carbocycles. The molecule has 2 aromatic rings. The van der Waals surface area contributed by atoms with Crippen molar-refractivity contribution in [1.29, 1.82) is 5.26 Å². The number of carbonyl (C=O) groups excluding carboxylic acids is 2. The molecular weight excluding hydrogens is 442 g/mol. The number of nitriles is 1. The molecule has 1 atom stereocenters. The number of benzene rings is 2. The van der Waals surface area contributed by atoms with Gasteiger partial charge in [-0.2, -0.15) is 5.26 Å². The van der Waals surface area contributed by atoms with E-state index in [4.69, 9.17) is 0 Å². The van der Waals surface area contributed by atoms with Gasteiger partial charge in [0.1, 0.15) is 0 Å². The molecule has 1 amide bonds. The molecule has 0 bridgehead atoms. The van der Waals surface area contributed by atoms with Gasteiger partial charge in [-0.05, 0) is 48.4 Å². The maximum atomic E-state index is 13.0. The number of anilines is 1. The fourth-order valence-electron chi connectivity index (χ4n) is 4.48. The van der Waals surface area contributed by atoms with Crippen LogP contribution in [0.15, 0.2) is 70.4 Å². The van der Waals surface area contributed by atoms with Gasteiger partial charge in [0.05, 0.1) is 28.3 Å². The van der Waals surface area contributed by atoms with Crippen molar-refractivity contribution in [2.45, 2.75) is 51.9 Å². The number of carbonyl (C=O) groups is 2. The van der Waals surface area contributed by atoms with Gasteiger partial charge >= 0.3 is 0 Å². The average Bonchev–Trinajstić information content (AvgIpc) is 2.83. The Morgan fingerprint density at radius 2 is 1.91 bits per heavy atom. The monoisotopic (exact) mass is 471 g/mol. The Morgan fingerprint density at radius 1 is 1.18 bits per heavy atom. The molecule has 0 aromatic heterocycles. The van der Waals surface area contributed by atoms with Crippen molar-refractivity contribution >= 4 is 29.1 Å². The van der Waals surface area contributed by atoms with Gasteiger partial charge in [0, 0.05) is 23.4 Å². The molecule has 4 rings (SSSR count). The van der Waals surface area contributed by atoms with Crippen LogP contribution < -0.4 is 10.6 Å². The highest BCUT2D eigenvalue weighted by atomic mass is 32.2. The number of para-hydroxylation sites is 1. The van der Waals surface area contributed by atoms with Gasteiger partial charge in [-0.3, -0.25) is 9.59 Å². The summed E-state index contributed by atoms with van der Waals surface area (Å²) in [5, 5.41) is 17.1. The van der Waals surface area contributed by atoms with E-state index in [2.05, 4.69) is 42.7 Å². The zero-order valence-corrected chi connectivity index (χ0v) is 20.6. The van der Waals surface area contributed by atoms with E-state index in [9.17, 15) is 14.9 Å². The maximum absolute atomic E-state index is 13.0. The summed E-state index contributed by atoms with van der Waals surface area (Å²) in [6, 6.07) is 18.2. The van der Waals surface area contributed by atoms with E-state index >= 15 is 0 Å². The number of dihydropyridines is 1. The second kappa shape index (κ2) is 10.3. The van der Waals surface area contributed by atoms with Crippen LogP contribution in [0.1, 0.15) is 61.6 Å². The zero-order chi connectivity index (χ0) is 24.2. The van der Waals surface area contributed by atoms with Crippen molar-refractivity contribution in [3.63, 3.8) is 0 Å². The van der Waals surface area contributed by atoms with Gasteiger partial charge in [-0.25, -0.2) is 0 Å². The van der Waals surface area contributed by atoms with Crippen LogP contribution in [0.2, 0.25) is 0 Å². The van der Waals surface area contributed by atoms with Crippen LogP contribution in [0.4, 0.5) is 5.69 Å². The van der Waals surface area contributed by atoms with Crippen molar-refractivity contribution in [3.05, 3.63) is 87.1 Å². The number of rotatable bonds is 6. The first-order valence-electron chi connectivity index (χ1n) is 11.6. The van der Waals surface area contributed by atoms with E-state index in [1.165, 1.54) is 17.3 Å². The third kappa shape index (κ3) is 4.95.